The fourth-order valence-electron chi connectivity index (χ4n) is 3.58. The maximum atomic E-state index is 12.3. The molecule has 1 atom stereocenters. The first-order chi connectivity index (χ1) is 14.0. The average molecular weight is 427 g/mol. The molecule has 162 valence electrons. The van der Waals surface area contributed by atoms with E-state index in [9.17, 15) is 9.59 Å². The predicted octanol–water partition coefficient (Wildman–Crippen LogP) is 4.11. The molecule has 0 aromatic heterocycles. The molecule has 0 heterocycles. The van der Waals surface area contributed by atoms with Crippen LogP contribution in [0.15, 0.2) is 60.7 Å². The van der Waals surface area contributed by atoms with Crippen molar-refractivity contribution in [3.05, 3.63) is 60.7 Å². The lowest BCUT2D eigenvalue weighted by Crippen LogP contribution is -2.68. The Bertz CT molecular complexity index is 780. The highest BCUT2D eigenvalue weighted by Crippen LogP contribution is 2.37. The van der Waals surface area contributed by atoms with Crippen LogP contribution in [0.2, 0.25) is 5.04 Å². The van der Waals surface area contributed by atoms with E-state index >= 15 is 0 Å². The smallest absolute Gasteiger partial charge is 0.311 e. The minimum atomic E-state index is -2.82. The number of esters is 1. The zero-order valence-electron chi connectivity index (χ0n) is 19.0. The molecule has 30 heavy (non-hydrogen) atoms. The SMILES string of the molecule is CC(C)(C)C(=O)OC[C@@H](CC=O)O[Si](c1ccccc1)(c1ccccc1)C(C)(C)C. The first-order valence-electron chi connectivity index (χ1n) is 10.4. The number of hydrogen-bond donors (Lipinski definition) is 0. The summed E-state index contributed by atoms with van der Waals surface area (Å²) >= 11 is 0. The highest BCUT2D eigenvalue weighted by atomic mass is 28.4. The van der Waals surface area contributed by atoms with Gasteiger partial charge in [0.25, 0.3) is 8.32 Å². The monoisotopic (exact) mass is 426 g/mol. The maximum absolute atomic E-state index is 12.3. The lowest BCUT2D eigenvalue weighted by molar-refractivity contribution is -0.155. The summed E-state index contributed by atoms with van der Waals surface area (Å²) < 4.78 is 12.5. The minimum absolute atomic E-state index is 0.0549. The number of hydrogen-bond acceptors (Lipinski definition) is 4. The summed E-state index contributed by atoms with van der Waals surface area (Å²) in [7, 11) is -2.82. The lowest BCUT2D eigenvalue weighted by Gasteiger charge is -2.45. The van der Waals surface area contributed by atoms with E-state index in [2.05, 4.69) is 45.0 Å². The molecule has 0 aliphatic heterocycles. The van der Waals surface area contributed by atoms with Gasteiger partial charge in [0.05, 0.1) is 11.5 Å². The van der Waals surface area contributed by atoms with Crippen molar-refractivity contribution in [2.45, 2.75) is 59.1 Å². The second kappa shape index (κ2) is 9.71. The number of rotatable bonds is 8. The standard InChI is InChI=1S/C25H34O4Si/c1-24(2,3)23(27)28-19-20(17-18-26)29-30(25(4,5)6,21-13-9-7-10-14-21)22-15-11-8-12-16-22/h7-16,18,20H,17,19H2,1-6H3/t20-/m1/s1. The van der Waals surface area contributed by atoms with Gasteiger partial charge in [0.1, 0.15) is 12.9 Å². The van der Waals surface area contributed by atoms with Crippen molar-refractivity contribution in [2.75, 3.05) is 6.61 Å². The number of carbonyl (C=O) groups is 2. The predicted molar refractivity (Wildman–Crippen MR) is 124 cm³/mol. The molecular formula is C25H34O4Si. The number of carbonyl (C=O) groups excluding carboxylic acids is 2. The Morgan fingerprint density at radius 1 is 0.900 bits per heavy atom. The first-order valence-corrected chi connectivity index (χ1v) is 12.3. The first kappa shape index (κ1) is 24.0. The second-order valence-corrected chi connectivity index (χ2v) is 13.9. The Morgan fingerprint density at radius 3 is 1.73 bits per heavy atom. The summed E-state index contributed by atoms with van der Waals surface area (Å²) in [6, 6.07) is 20.5. The quantitative estimate of drug-likeness (QED) is 0.362. The van der Waals surface area contributed by atoms with Gasteiger partial charge in [-0.05, 0) is 36.2 Å². The molecule has 0 fully saturated rings. The van der Waals surface area contributed by atoms with Gasteiger partial charge in [0.15, 0.2) is 0 Å². The zero-order valence-corrected chi connectivity index (χ0v) is 20.0. The number of benzene rings is 2. The fourth-order valence-corrected chi connectivity index (χ4v) is 8.26. The van der Waals surface area contributed by atoms with E-state index in [4.69, 9.17) is 9.16 Å². The van der Waals surface area contributed by atoms with E-state index in [1.807, 2.05) is 57.2 Å². The van der Waals surface area contributed by atoms with E-state index in [0.29, 0.717) is 0 Å². The van der Waals surface area contributed by atoms with Crippen molar-refractivity contribution in [3.8, 4) is 0 Å². The van der Waals surface area contributed by atoms with Gasteiger partial charge in [-0.15, -0.1) is 0 Å². The third-order valence-electron chi connectivity index (χ3n) is 5.13. The van der Waals surface area contributed by atoms with E-state index < -0.39 is 19.8 Å². The minimum Gasteiger partial charge on any atom is -0.463 e. The molecule has 0 N–H and O–H groups in total. The van der Waals surface area contributed by atoms with Crippen molar-refractivity contribution >= 4 is 30.9 Å². The summed E-state index contributed by atoms with van der Waals surface area (Å²) in [5.41, 5.74) is -0.608. The van der Waals surface area contributed by atoms with Gasteiger partial charge in [0, 0.05) is 6.42 Å². The Morgan fingerprint density at radius 2 is 1.37 bits per heavy atom. The molecule has 5 heteroatoms. The highest BCUT2D eigenvalue weighted by molar-refractivity contribution is 6.99. The van der Waals surface area contributed by atoms with Gasteiger partial charge in [-0.25, -0.2) is 0 Å². The van der Waals surface area contributed by atoms with Gasteiger partial charge < -0.3 is 14.0 Å². The Labute approximate surface area is 181 Å². The zero-order chi connectivity index (χ0) is 22.4. The molecule has 0 saturated heterocycles. The van der Waals surface area contributed by atoms with E-state index in [0.717, 1.165) is 16.7 Å². The maximum Gasteiger partial charge on any atom is 0.311 e. The van der Waals surface area contributed by atoms with Crippen molar-refractivity contribution in [1.82, 2.24) is 0 Å². The normalized spacial score (nSPS) is 13.5. The third kappa shape index (κ3) is 5.46. The van der Waals surface area contributed by atoms with Gasteiger partial charge in [0.2, 0.25) is 0 Å². The molecule has 2 aromatic rings. The van der Waals surface area contributed by atoms with Crippen LogP contribution in [0.25, 0.3) is 0 Å². The molecule has 0 aliphatic rings. The second-order valence-electron chi connectivity index (χ2n) is 9.65. The number of aldehydes is 1. The van der Waals surface area contributed by atoms with Crippen LogP contribution < -0.4 is 10.4 Å². The van der Waals surface area contributed by atoms with Crippen molar-refractivity contribution in [1.29, 1.82) is 0 Å². The van der Waals surface area contributed by atoms with Gasteiger partial charge in [-0.3, -0.25) is 4.79 Å². The molecule has 0 amide bonds. The largest absolute Gasteiger partial charge is 0.463 e. The summed E-state index contributed by atoms with van der Waals surface area (Å²) in [5.74, 6) is -0.301. The van der Waals surface area contributed by atoms with Crippen molar-refractivity contribution in [2.24, 2.45) is 5.41 Å². The van der Waals surface area contributed by atoms with Crippen LogP contribution in [-0.4, -0.2) is 33.3 Å². The topological polar surface area (TPSA) is 52.6 Å². The van der Waals surface area contributed by atoms with E-state index in [-0.39, 0.29) is 24.0 Å². The van der Waals surface area contributed by atoms with E-state index in [1.54, 1.807) is 0 Å². The van der Waals surface area contributed by atoms with Crippen LogP contribution in [0.3, 0.4) is 0 Å². The Hall–Kier alpha value is -2.24. The van der Waals surface area contributed by atoms with E-state index in [1.165, 1.54) is 0 Å². The molecule has 2 aromatic carbocycles. The summed E-state index contributed by atoms with van der Waals surface area (Å²) in [4.78, 5) is 23.8. The van der Waals surface area contributed by atoms with Crippen LogP contribution in [0, 0.1) is 5.41 Å². The summed E-state index contributed by atoms with van der Waals surface area (Å²) in [6.07, 6.45) is 0.495. The number of ether oxygens (including phenoxy) is 1. The molecule has 0 bridgehead atoms. The molecule has 4 nitrogen and oxygen atoms in total. The van der Waals surface area contributed by atoms with Crippen LogP contribution in [0.4, 0.5) is 0 Å². The molecule has 0 unspecified atom stereocenters. The molecule has 0 spiro atoms. The Kier molecular flexibility index (Phi) is 7.78. The van der Waals surface area contributed by atoms with Crippen LogP contribution in [0.1, 0.15) is 48.0 Å². The summed E-state index contributed by atoms with van der Waals surface area (Å²) in [6.45, 7) is 12.0. The average Bonchev–Trinajstić information content (AvgIpc) is 2.69. The summed E-state index contributed by atoms with van der Waals surface area (Å²) in [5, 5.41) is 2.04. The third-order valence-corrected chi connectivity index (χ3v) is 10.2. The van der Waals surface area contributed by atoms with Crippen LogP contribution in [-0.2, 0) is 18.8 Å². The van der Waals surface area contributed by atoms with Gasteiger partial charge >= 0.3 is 5.97 Å². The lowest BCUT2D eigenvalue weighted by atomic mass is 9.97. The van der Waals surface area contributed by atoms with Crippen molar-refractivity contribution in [3.63, 3.8) is 0 Å². The van der Waals surface area contributed by atoms with Gasteiger partial charge in [-0.2, -0.15) is 0 Å². The molecule has 0 aliphatic carbocycles. The molecular weight excluding hydrogens is 392 g/mol. The molecule has 0 radical (unpaired) electrons. The van der Waals surface area contributed by atoms with Gasteiger partial charge in [-0.1, -0.05) is 81.4 Å². The van der Waals surface area contributed by atoms with Crippen LogP contribution >= 0.6 is 0 Å². The molecule has 0 saturated carbocycles. The van der Waals surface area contributed by atoms with Crippen molar-refractivity contribution < 1.29 is 18.8 Å². The Balaban J connectivity index is 2.52. The molecule has 2 rings (SSSR count). The fraction of sp³-hybridized carbons (Fsp3) is 0.440. The highest BCUT2D eigenvalue weighted by Gasteiger charge is 2.51. The van der Waals surface area contributed by atoms with Crippen LogP contribution in [0.5, 0.6) is 0 Å².